The number of hydrogen-bond donors (Lipinski definition) is 0. The van der Waals surface area contributed by atoms with Crippen molar-refractivity contribution < 1.29 is 4.79 Å². The van der Waals surface area contributed by atoms with E-state index >= 15 is 0 Å². The minimum atomic E-state index is -0.517. The molecule has 1 atom stereocenters. The third-order valence-corrected chi connectivity index (χ3v) is 5.42. The third kappa shape index (κ3) is 3.39. The molecule has 1 aliphatic heterocycles. The fraction of sp³-hybridized carbons (Fsp3) is 0.429. The van der Waals surface area contributed by atoms with E-state index in [-0.39, 0.29) is 12.3 Å². The van der Waals surface area contributed by atoms with E-state index in [0.717, 1.165) is 24.1 Å². The van der Waals surface area contributed by atoms with E-state index in [1.807, 2.05) is 22.8 Å². The van der Waals surface area contributed by atoms with Gasteiger partial charge in [-0.25, -0.2) is 4.79 Å². The van der Waals surface area contributed by atoms with Crippen molar-refractivity contribution in [2.24, 2.45) is 13.0 Å². The van der Waals surface area contributed by atoms with Crippen LogP contribution in [0.15, 0.2) is 39.9 Å². The normalized spacial score (nSPS) is 16.2. The van der Waals surface area contributed by atoms with Crippen molar-refractivity contribution in [2.45, 2.75) is 33.4 Å². The Morgan fingerprint density at radius 3 is 2.59 bits per heavy atom. The number of hydrogen-bond acceptors (Lipinski definition) is 5. The Hall–Kier alpha value is -3.16. The molecular formula is C21H25N5O3. The number of imidazole rings is 1. The first kappa shape index (κ1) is 19.2. The lowest BCUT2D eigenvalue weighted by atomic mass is 10.1. The Labute approximate surface area is 168 Å². The van der Waals surface area contributed by atoms with Crippen LogP contribution < -0.4 is 16.1 Å². The van der Waals surface area contributed by atoms with Crippen molar-refractivity contribution in [2.75, 3.05) is 18.0 Å². The lowest BCUT2D eigenvalue weighted by molar-refractivity contribution is -0.117. The molecule has 0 bridgehead atoms. The number of anilines is 1. The molecule has 8 heteroatoms. The molecule has 152 valence electrons. The lowest BCUT2D eigenvalue weighted by Gasteiger charge is -2.33. The molecule has 4 rings (SSSR count). The van der Waals surface area contributed by atoms with Crippen molar-refractivity contribution in [1.82, 2.24) is 18.7 Å². The van der Waals surface area contributed by atoms with E-state index in [2.05, 4.69) is 28.9 Å². The maximum Gasteiger partial charge on any atom is 0.332 e. The first-order valence-electron chi connectivity index (χ1n) is 9.85. The standard InChI is InChI=1S/C21H25N5O3/c1-14-11-24(10-9-16-7-5-4-6-8-16)20-22-18-17(25(20)12-14)19(28)26(13-15(2)27)21(29)23(18)3/h4-8,14H,9-13H2,1-3H3/t14-/m1/s1. The van der Waals surface area contributed by atoms with Crippen LogP contribution in [0.1, 0.15) is 19.4 Å². The monoisotopic (exact) mass is 395 g/mol. The SMILES string of the molecule is CC(=O)Cn1c(=O)c2c(nc3n2C[C@H](C)CN3CCc2ccccc2)n(C)c1=O. The molecule has 0 unspecified atom stereocenters. The molecular weight excluding hydrogens is 370 g/mol. The van der Waals surface area contributed by atoms with Crippen LogP contribution in [0.3, 0.4) is 0 Å². The Morgan fingerprint density at radius 1 is 1.17 bits per heavy atom. The first-order chi connectivity index (χ1) is 13.9. The minimum absolute atomic E-state index is 0.227. The molecule has 0 fully saturated rings. The number of nitrogens with zero attached hydrogens (tertiary/aromatic N) is 5. The zero-order valence-corrected chi connectivity index (χ0v) is 17.0. The molecule has 8 nitrogen and oxygen atoms in total. The molecule has 0 saturated carbocycles. The highest BCUT2D eigenvalue weighted by Crippen LogP contribution is 2.26. The second-order valence-electron chi connectivity index (χ2n) is 7.92. The number of benzene rings is 1. The van der Waals surface area contributed by atoms with Gasteiger partial charge >= 0.3 is 5.69 Å². The van der Waals surface area contributed by atoms with Gasteiger partial charge in [-0.05, 0) is 24.8 Å². The van der Waals surface area contributed by atoms with E-state index in [1.54, 1.807) is 7.05 Å². The molecule has 0 amide bonds. The smallest absolute Gasteiger partial charge is 0.332 e. The van der Waals surface area contributed by atoms with Crippen LogP contribution in [0.4, 0.5) is 5.95 Å². The minimum Gasteiger partial charge on any atom is -0.342 e. The van der Waals surface area contributed by atoms with Crippen LogP contribution in [0.2, 0.25) is 0 Å². The topological polar surface area (TPSA) is 82.1 Å². The quantitative estimate of drug-likeness (QED) is 0.648. The van der Waals surface area contributed by atoms with Gasteiger partial charge in [0, 0.05) is 26.7 Å². The molecule has 29 heavy (non-hydrogen) atoms. The maximum absolute atomic E-state index is 13.1. The fourth-order valence-corrected chi connectivity index (χ4v) is 4.06. The number of rotatable bonds is 5. The summed E-state index contributed by atoms with van der Waals surface area (Å²) in [6, 6.07) is 10.2. The zero-order chi connectivity index (χ0) is 20.7. The summed E-state index contributed by atoms with van der Waals surface area (Å²) in [7, 11) is 1.59. The molecule has 1 aromatic carbocycles. The molecule has 1 aliphatic rings. The van der Waals surface area contributed by atoms with Crippen LogP contribution in [-0.4, -0.2) is 37.6 Å². The summed E-state index contributed by atoms with van der Waals surface area (Å²) >= 11 is 0. The highest BCUT2D eigenvalue weighted by atomic mass is 16.2. The van der Waals surface area contributed by atoms with E-state index in [9.17, 15) is 14.4 Å². The van der Waals surface area contributed by atoms with Crippen LogP contribution in [0.25, 0.3) is 11.2 Å². The van der Waals surface area contributed by atoms with E-state index < -0.39 is 11.2 Å². The van der Waals surface area contributed by atoms with Gasteiger partial charge in [-0.3, -0.25) is 18.7 Å². The molecule has 0 aliphatic carbocycles. The van der Waals surface area contributed by atoms with Gasteiger partial charge in [0.1, 0.15) is 5.78 Å². The van der Waals surface area contributed by atoms with Crippen molar-refractivity contribution in [3.8, 4) is 0 Å². The van der Waals surface area contributed by atoms with Gasteiger partial charge in [0.15, 0.2) is 11.2 Å². The molecule has 3 heterocycles. The van der Waals surface area contributed by atoms with Gasteiger partial charge in [0.2, 0.25) is 5.95 Å². The van der Waals surface area contributed by atoms with Gasteiger partial charge in [-0.15, -0.1) is 0 Å². The maximum atomic E-state index is 13.1. The van der Waals surface area contributed by atoms with Crippen molar-refractivity contribution >= 4 is 22.9 Å². The van der Waals surface area contributed by atoms with Gasteiger partial charge in [0.25, 0.3) is 5.56 Å². The predicted octanol–water partition coefficient (Wildman–Crippen LogP) is 1.18. The number of carbonyl (C=O) groups excluding carboxylic acids is 1. The molecule has 3 aromatic rings. The van der Waals surface area contributed by atoms with Crippen LogP contribution in [-0.2, 0) is 31.4 Å². The van der Waals surface area contributed by atoms with Gasteiger partial charge in [0.05, 0.1) is 6.54 Å². The number of aromatic nitrogens is 4. The average Bonchev–Trinajstić information content (AvgIpc) is 3.08. The Kier molecular flexibility index (Phi) is 4.86. The number of ketones is 1. The van der Waals surface area contributed by atoms with Crippen molar-refractivity contribution in [3.63, 3.8) is 0 Å². The first-order valence-corrected chi connectivity index (χ1v) is 9.85. The number of carbonyl (C=O) groups is 1. The van der Waals surface area contributed by atoms with Crippen molar-refractivity contribution in [3.05, 3.63) is 56.7 Å². The lowest BCUT2D eigenvalue weighted by Crippen LogP contribution is -2.42. The molecule has 0 N–H and O–H groups in total. The fourth-order valence-electron chi connectivity index (χ4n) is 4.06. The highest BCUT2D eigenvalue weighted by Gasteiger charge is 2.28. The molecule has 0 radical (unpaired) electrons. The van der Waals surface area contributed by atoms with Crippen molar-refractivity contribution in [1.29, 1.82) is 0 Å². The third-order valence-electron chi connectivity index (χ3n) is 5.42. The summed E-state index contributed by atoms with van der Waals surface area (Å²) in [6.07, 6.45) is 0.865. The van der Waals surface area contributed by atoms with Gasteiger partial charge in [-0.1, -0.05) is 37.3 Å². The summed E-state index contributed by atoms with van der Waals surface area (Å²) < 4.78 is 4.28. The Morgan fingerprint density at radius 2 is 1.90 bits per heavy atom. The van der Waals surface area contributed by atoms with Crippen LogP contribution in [0, 0.1) is 5.92 Å². The predicted molar refractivity (Wildman–Crippen MR) is 111 cm³/mol. The molecule has 2 aromatic heterocycles. The van der Waals surface area contributed by atoms with Crippen LogP contribution in [0.5, 0.6) is 0 Å². The second kappa shape index (κ2) is 7.35. The Bertz CT molecular complexity index is 1190. The number of aryl methyl sites for hydroxylation is 1. The highest BCUT2D eigenvalue weighted by molar-refractivity contribution is 5.77. The van der Waals surface area contributed by atoms with E-state index in [1.165, 1.54) is 17.1 Å². The number of fused-ring (bicyclic) bond motifs is 3. The average molecular weight is 395 g/mol. The van der Waals surface area contributed by atoms with Crippen LogP contribution >= 0.6 is 0 Å². The molecule has 0 saturated heterocycles. The summed E-state index contributed by atoms with van der Waals surface area (Å²) in [5.41, 5.74) is 1.03. The van der Waals surface area contributed by atoms with Gasteiger partial charge in [-0.2, -0.15) is 4.98 Å². The molecule has 0 spiro atoms. The van der Waals surface area contributed by atoms with E-state index in [4.69, 9.17) is 0 Å². The largest absolute Gasteiger partial charge is 0.342 e. The second-order valence-corrected chi connectivity index (χ2v) is 7.92. The Balaban J connectivity index is 1.81. The summed E-state index contributed by atoms with van der Waals surface area (Å²) in [5.74, 6) is 0.801. The summed E-state index contributed by atoms with van der Waals surface area (Å²) in [5, 5.41) is 0. The number of Topliss-reactive ketones (excluding diaryl/α,β-unsaturated/α-hetero) is 1. The summed E-state index contributed by atoms with van der Waals surface area (Å²) in [4.78, 5) is 44.1. The summed E-state index contributed by atoms with van der Waals surface area (Å²) in [6.45, 7) is 5.55. The van der Waals surface area contributed by atoms with Gasteiger partial charge < -0.3 is 9.47 Å². The zero-order valence-electron chi connectivity index (χ0n) is 17.0. The van der Waals surface area contributed by atoms with E-state index in [0.29, 0.717) is 29.6 Å².